The fourth-order valence-corrected chi connectivity index (χ4v) is 1.36. The van der Waals surface area contributed by atoms with Crippen LogP contribution in [0.3, 0.4) is 0 Å². The number of rotatable bonds is 5. The summed E-state index contributed by atoms with van der Waals surface area (Å²) in [7, 11) is 0. The van der Waals surface area contributed by atoms with E-state index in [1.165, 1.54) is 6.07 Å². The van der Waals surface area contributed by atoms with E-state index < -0.39 is 11.9 Å². The Morgan fingerprint density at radius 3 is 2.94 bits per heavy atom. The molecule has 1 heterocycles. The minimum Gasteiger partial charge on any atom is -0.409 e. The van der Waals surface area contributed by atoms with Crippen molar-refractivity contribution in [2.45, 2.75) is 32.7 Å². The van der Waals surface area contributed by atoms with Gasteiger partial charge in [0.25, 0.3) is 5.91 Å². The highest BCUT2D eigenvalue weighted by Gasteiger charge is 2.19. The summed E-state index contributed by atoms with van der Waals surface area (Å²) in [6.07, 6.45) is 1.37. The van der Waals surface area contributed by atoms with E-state index in [2.05, 4.69) is 15.6 Å². The van der Waals surface area contributed by atoms with Crippen LogP contribution in [0.1, 0.15) is 36.0 Å². The average molecular weight is 240 g/mol. The first-order valence-corrected chi connectivity index (χ1v) is 5.30. The molecule has 1 unspecified atom stereocenters. The molecule has 1 amide bonds. The Labute approximate surface area is 98.6 Å². The van der Waals surface area contributed by atoms with Crippen LogP contribution in [0.25, 0.3) is 0 Å². The summed E-state index contributed by atoms with van der Waals surface area (Å²) in [6.45, 7) is 3.63. The quantitative estimate of drug-likeness (QED) is 0.302. The first-order chi connectivity index (χ1) is 8.08. The third-order valence-corrected chi connectivity index (χ3v) is 2.22. The molecule has 7 nitrogen and oxygen atoms in total. The zero-order valence-electron chi connectivity index (χ0n) is 9.80. The van der Waals surface area contributed by atoms with Gasteiger partial charge in [0, 0.05) is 6.07 Å². The molecule has 1 atom stereocenters. The van der Waals surface area contributed by atoms with Crippen LogP contribution in [-0.4, -0.2) is 28.1 Å². The van der Waals surface area contributed by atoms with E-state index in [1.54, 1.807) is 6.92 Å². The van der Waals surface area contributed by atoms with Gasteiger partial charge in [-0.3, -0.25) is 4.79 Å². The van der Waals surface area contributed by atoms with Gasteiger partial charge in [-0.05, 0) is 13.3 Å². The van der Waals surface area contributed by atoms with Crippen LogP contribution in [0.2, 0.25) is 0 Å². The second kappa shape index (κ2) is 5.88. The maximum atomic E-state index is 11.7. The van der Waals surface area contributed by atoms with E-state index in [-0.39, 0.29) is 11.5 Å². The lowest BCUT2D eigenvalue weighted by molar-refractivity contribution is 0.0935. The van der Waals surface area contributed by atoms with Gasteiger partial charge >= 0.3 is 0 Å². The molecule has 4 N–H and O–H groups in total. The minimum absolute atomic E-state index is 0.0274. The van der Waals surface area contributed by atoms with Crippen LogP contribution in [0, 0.1) is 6.92 Å². The van der Waals surface area contributed by atoms with Gasteiger partial charge in [-0.2, -0.15) is 0 Å². The highest BCUT2D eigenvalue weighted by atomic mass is 16.5. The number of amidine groups is 1. The molecular weight excluding hydrogens is 224 g/mol. The molecule has 0 aliphatic carbocycles. The van der Waals surface area contributed by atoms with E-state index in [0.29, 0.717) is 12.2 Å². The van der Waals surface area contributed by atoms with Gasteiger partial charge in [0.2, 0.25) is 0 Å². The Morgan fingerprint density at radius 1 is 1.76 bits per heavy atom. The van der Waals surface area contributed by atoms with Crippen molar-refractivity contribution in [2.24, 2.45) is 10.9 Å². The summed E-state index contributed by atoms with van der Waals surface area (Å²) in [5.41, 5.74) is 5.65. The molecule has 0 bridgehead atoms. The zero-order chi connectivity index (χ0) is 12.8. The lowest BCUT2D eigenvalue weighted by Gasteiger charge is -2.15. The summed E-state index contributed by atoms with van der Waals surface area (Å²) in [4.78, 5) is 11.7. The molecule has 0 fully saturated rings. The van der Waals surface area contributed by atoms with Gasteiger partial charge in [0.05, 0.1) is 6.04 Å². The first-order valence-electron chi connectivity index (χ1n) is 5.30. The number of hydrogen-bond acceptors (Lipinski definition) is 5. The third-order valence-electron chi connectivity index (χ3n) is 2.22. The summed E-state index contributed by atoms with van der Waals surface area (Å²) in [5, 5.41) is 17.7. The standard InChI is InChI=1S/C10H16N4O3/c1-3-4-7(9(11)13-16)12-10(15)8-5-6(2)17-14-8/h5,7,16H,3-4H2,1-2H3,(H2,11,13)(H,12,15). The van der Waals surface area contributed by atoms with Crippen molar-refractivity contribution >= 4 is 11.7 Å². The van der Waals surface area contributed by atoms with Crippen molar-refractivity contribution in [1.29, 1.82) is 0 Å². The average Bonchev–Trinajstić information content (AvgIpc) is 2.74. The van der Waals surface area contributed by atoms with Gasteiger partial charge in [0.1, 0.15) is 5.76 Å². The van der Waals surface area contributed by atoms with Crippen LogP contribution < -0.4 is 11.1 Å². The lowest BCUT2D eigenvalue weighted by Crippen LogP contribution is -2.44. The maximum absolute atomic E-state index is 11.7. The van der Waals surface area contributed by atoms with Crippen molar-refractivity contribution in [3.8, 4) is 0 Å². The van der Waals surface area contributed by atoms with Crippen LogP contribution >= 0.6 is 0 Å². The van der Waals surface area contributed by atoms with E-state index >= 15 is 0 Å². The molecule has 1 aromatic heterocycles. The van der Waals surface area contributed by atoms with Crippen molar-refractivity contribution < 1.29 is 14.5 Å². The lowest BCUT2D eigenvalue weighted by atomic mass is 10.1. The molecule has 0 aliphatic rings. The normalized spacial score (nSPS) is 13.4. The largest absolute Gasteiger partial charge is 0.409 e. The summed E-state index contributed by atoms with van der Waals surface area (Å²) < 4.78 is 4.79. The number of amides is 1. The Balaban J connectivity index is 2.70. The van der Waals surface area contributed by atoms with Crippen molar-refractivity contribution in [3.63, 3.8) is 0 Å². The second-order valence-electron chi connectivity index (χ2n) is 3.66. The molecule has 1 rings (SSSR count). The predicted molar refractivity (Wildman–Crippen MR) is 60.8 cm³/mol. The van der Waals surface area contributed by atoms with Crippen LogP contribution in [-0.2, 0) is 0 Å². The first kappa shape index (κ1) is 13.0. The number of aryl methyl sites for hydroxylation is 1. The van der Waals surface area contributed by atoms with Crippen molar-refractivity contribution in [1.82, 2.24) is 10.5 Å². The third kappa shape index (κ3) is 3.47. The SMILES string of the molecule is CCCC(NC(=O)c1cc(C)on1)C(N)=NO. The van der Waals surface area contributed by atoms with E-state index in [0.717, 1.165) is 6.42 Å². The number of carbonyl (C=O) groups excluding carboxylic acids is 1. The number of nitrogens with zero attached hydrogens (tertiary/aromatic N) is 2. The zero-order valence-corrected chi connectivity index (χ0v) is 9.80. The second-order valence-corrected chi connectivity index (χ2v) is 3.66. The van der Waals surface area contributed by atoms with Gasteiger partial charge in [-0.1, -0.05) is 23.7 Å². The summed E-state index contributed by atoms with van der Waals surface area (Å²) >= 11 is 0. The highest BCUT2D eigenvalue weighted by Crippen LogP contribution is 2.03. The highest BCUT2D eigenvalue weighted by molar-refractivity contribution is 5.96. The Bertz CT molecular complexity index is 413. The predicted octanol–water partition coefficient (Wildman–Crippen LogP) is 0.628. The van der Waals surface area contributed by atoms with Crippen LogP contribution in [0.15, 0.2) is 15.7 Å². The molecule has 0 saturated heterocycles. The minimum atomic E-state index is -0.505. The summed E-state index contributed by atoms with van der Waals surface area (Å²) in [6, 6.07) is 1.01. The molecule has 0 radical (unpaired) electrons. The Hall–Kier alpha value is -2.05. The van der Waals surface area contributed by atoms with Crippen molar-refractivity contribution in [2.75, 3.05) is 0 Å². The number of carbonyl (C=O) groups is 1. The number of nitrogens with one attached hydrogen (secondary N) is 1. The van der Waals surface area contributed by atoms with E-state index in [1.807, 2.05) is 6.92 Å². The van der Waals surface area contributed by atoms with Gasteiger partial charge in [0.15, 0.2) is 11.5 Å². The molecule has 1 aromatic rings. The smallest absolute Gasteiger partial charge is 0.274 e. The number of hydrogen-bond donors (Lipinski definition) is 3. The number of oxime groups is 1. The molecule has 0 saturated carbocycles. The molecule has 0 aliphatic heterocycles. The molecule has 0 spiro atoms. The molecule has 7 heteroatoms. The monoisotopic (exact) mass is 240 g/mol. The van der Waals surface area contributed by atoms with Crippen LogP contribution in [0.5, 0.6) is 0 Å². The van der Waals surface area contributed by atoms with Crippen molar-refractivity contribution in [3.05, 3.63) is 17.5 Å². The fourth-order valence-electron chi connectivity index (χ4n) is 1.36. The molecule has 0 aromatic carbocycles. The Kier molecular flexibility index (Phi) is 4.50. The molecular formula is C10H16N4O3. The topological polar surface area (TPSA) is 114 Å². The van der Waals surface area contributed by atoms with Crippen LogP contribution in [0.4, 0.5) is 0 Å². The summed E-state index contributed by atoms with van der Waals surface area (Å²) in [5.74, 6) is 0.110. The molecule has 94 valence electrons. The van der Waals surface area contributed by atoms with Gasteiger partial charge < -0.3 is 20.8 Å². The Morgan fingerprint density at radius 2 is 2.47 bits per heavy atom. The number of aromatic nitrogens is 1. The fraction of sp³-hybridized carbons (Fsp3) is 0.500. The maximum Gasteiger partial charge on any atom is 0.274 e. The van der Waals surface area contributed by atoms with E-state index in [9.17, 15) is 4.79 Å². The number of nitrogens with two attached hydrogens (primary N) is 1. The molecule has 17 heavy (non-hydrogen) atoms. The van der Waals surface area contributed by atoms with Gasteiger partial charge in [-0.15, -0.1) is 0 Å². The van der Waals surface area contributed by atoms with Gasteiger partial charge in [-0.25, -0.2) is 0 Å². The van der Waals surface area contributed by atoms with E-state index in [4.69, 9.17) is 15.5 Å².